The van der Waals surface area contributed by atoms with Crippen LogP contribution in [0.1, 0.15) is 0 Å². The normalized spacial score (nSPS) is 10.3. The largest absolute Gasteiger partial charge is 2.00 e. The van der Waals surface area contributed by atoms with Gasteiger partial charge in [-0.25, -0.2) is 39.9 Å². The van der Waals surface area contributed by atoms with Gasteiger partial charge < -0.3 is 124 Å². The summed E-state index contributed by atoms with van der Waals surface area (Å²) in [5.41, 5.74) is 7.19. The molecule has 0 aromatic heterocycles. The first-order valence-electron chi connectivity index (χ1n) is 40.8. The van der Waals surface area contributed by atoms with E-state index in [9.17, 15) is 81.7 Å². The van der Waals surface area contributed by atoms with Crippen molar-refractivity contribution in [2.24, 2.45) is 39.9 Å². The molecule has 16 N–H and O–H groups in total. The number of phenolic OH excluding ortho intramolecular Hbond substituents is 8. The van der Waals surface area contributed by atoms with Crippen LogP contribution in [-0.2, 0) is 81.7 Å². The maximum atomic E-state index is 11.3. The molecule has 0 aliphatic heterocycles. The Kier molecular flexibility index (Phi) is 51.6. The number of aliphatic imine (C=N–C) groups is 8. The molecule has 0 saturated carbocycles. The SMILES string of the molecule is [O-]c1ccccc1N=CNc1ccccc1O.[O-]c1ccccc1N=CNc1ccccc1O.[O-]c1ccccc1N=CNc1ccccc1O.[O-]c1ccccc1N=CNc1ccccc1O.[O-]c1ccccc1N=CNc1ccccc1O.[O-]c1ccccc1N=CNc1ccccc1O.[O-]c1ccccc1N=CNc1ccccc1O.[O-]c1ccccc1N=CNc1ccccc1O.[Pd+2].[Pd+2].[Pd+2].[Pd+2]. The Morgan fingerprint density at radius 3 is 0.314 bits per heavy atom. The molecule has 0 spiro atoms. The zero-order chi connectivity index (χ0) is 96.7. The third-order valence-corrected chi connectivity index (χ3v) is 17.5. The summed E-state index contributed by atoms with van der Waals surface area (Å²) in [7, 11) is 0. The van der Waals surface area contributed by atoms with Crippen molar-refractivity contribution in [1.29, 1.82) is 0 Å². The van der Waals surface area contributed by atoms with Crippen molar-refractivity contribution in [1.82, 2.24) is 0 Å². The minimum absolute atomic E-state index is 0. The van der Waals surface area contributed by atoms with Crippen LogP contribution in [0.2, 0.25) is 0 Å². The van der Waals surface area contributed by atoms with E-state index in [4.69, 9.17) is 0 Å². The van der Waals surface area contributed by atoms with Crippen LogP contribution in [0.15, 0.2) is 428 Å². The summed E-state index contributed by atoms with van der Waals surface area (Å²) in [6.07, 6.45) is 11.0. The van der Waals surface area contributed by atoms with Crippen LogP contribution in [0.5, 0.6) is 92.0 Å². The molecule has 16 rings (SSSR count). The van der Waals surface area contributed by atoms with Gasteiger partial charge in [0.25, 0.3) is 0 Å². The smallest absolute Gasteiger partial charge is 0.871 e. The maximum Gasteiger partial charge on any atom is 2.00 e. The third kappa shape index (κ3) is 40.5. The van der Waals surface area contributed by atoms with Crippen LogP contribution in [0.25, 0.3) is 0 Å². The minimum Gasteiger partial charge on any atom is -0.871 e. The molecular formula is C104H88N16O16Pd4. The molecule has 140 heavy (non-hydrogen) atoms. The van der Waals surface area contributed by atoms with Gasteiger partial charge in [-0.05, 0) is 146 Å². The van der Waals surface area contributed by atoms with Crippen molar-refractivity contribution >= 4 is 142 Å². The Bertz CT molecular complexity index is 5520. The molecule has 16 aromatic rings. The number of hydrogen-bond donors (Lipinski definition) is 16. The molecule has 0 atom stereocenters. The first-order valence-corrected chi connectivity index (χ1v) is 40.8. The molecule has 0 bridgehead atoms. The van der Waals surface area contributed by atoms with Crippen LogP contribution < -0.4 is 83.4 Å². The molecule has 0 aliphatic carbocycles. The van der Waals surface area contributed by atoms with E-state index in [0.29, 0.717) is 91.0 Å². The van der Waals surface area contributed by atoms with Crippen molar-refractivity contribution in [2.45, 2.75) is 0 Å². The summed E-state index contributed by atoms with van der Waals surface area (Å²) >= 11 is 0. The second-order valence-corrected chi connectivity index (χ2v) is 27.1. The molecule has 0 radical (unpaired) electrons. The van der Waals surface area contributed by atoms with Gasteiger partial charge in [0.15, 0.2) is 0 Å². The van der Waals surface area contributed by atoms with Gasteiger partial charge in [-0.1, -0.05) is 289 Å². The predicted octanol–water partition coefficient (Wildman–Crippen LogP) is 17.9. The molecule has 720 valence electrons. The van der Waals surface area contributed by atoms with E-state index < -0.39 is 0 Å². The summed E-state index contributed by atoms with van der Waals surface area (Å²) in [4.78, 5) is 31.9. The first kappa shape index (κ1) is 113. The van der Waals surface area contributed by atoms with Crippen LogP contribution >= 0.6 is 0 Å². The van der Waals surface area contributed by atoms with Gasteiger partial charge >= 0.3 is 81.7 Å². The Hall–Kier alpha value is -17.3. The molecule has 0 fully saturated rings. The van der Waals surface area contributed by atoms with Crippen LogP contribution in [0, 0.1) is 0 Å². The maximum absolute atomic E-state index is 11.3. The molecule has 16 aromatic carbocycles. The number of rotatable bonds is 24. The molecule has 0 heterocycles. The molecule has 0 amide bonds. The quantitative estimate of drug-likeness (QED) is 0.0116. The number of hydrogen-bond acceptors (Lipinski definition) is 24. The number of aromatic hydroxyl groups is 8. The Morgan fingerprint density at radius 2 is 0.221 bits per heavy atom. The average molecular weight is 2240 g/mol. The van der Waals surface area contributed by atoms with E-state index in [2.05, 4.69) is 82.5 Å². The van der Waals surface area contributed by atoms with Gasteiger partial charge in [0.2, 0.25) is 0 Å². The summed E-state index contributed by atoms with van der Waals surface area (Å²) in [5, 5.41) is 189. The monoisotopic (exact) mass is 2240 g/mol. The van der Waals surface area contributed by atoms with Crippen molar-refractivity contribution < 1.29 is 163 Å². The fraction of sp³-hybridized carbons (Fsp3) is 0. The number of para-hydroxylation sites is 32. The van der Waals surface area contributed by atoms with Gasteiger partial charge in [-0.2, -0.15) is 0 Å². The second-order valence-electron chi connectivity index (χ2n) is 27.1. The van der Waals surface area contributed by atoms with Crippen molar-refractivity contribution in [2.75, 3.05) is 42.5 Å². The number of nitrogens with zero attached hydrogens (tertiary/aromatic N) is 8. The van der Waals surface area contributed by atoms with E-state index >= 15 is 0 Å². The van der Waals surface area contributed by atoms with Gasteiger partial charge in [0, 0.05) is 0 Å². The Balaban J connectivity index is 0.000000281. The zero-order valence-electron chi connectivity index (χ0n) is 73.3. The van der Waals surface area contributed by atoms with Crippen LogP contribution in [-0.4, -0.2) is 91.6 Å². The molecule has 0 aliphatic rings. The first-order chi connectivity index (χ1) is 66.2. The van der Waals surface area contributed by atoms with E-state index in [-0.39, 0.29) is 174 Å². The number of benzene rings is 16. The summed E-state index contributed by atoms with van der Waals surface area (Å²) in [6.45, 7) is 0. The standard InChI is InChI=1S/8C13H12N2O2.4Pd/c8*16-12-7-3-1-5-10(12)14-9-15-11-6-2-4-8-13(11)17;;;;/h8*1-9,16-17H,(H,14,15);;;;/q;;;;;;;;4*+2/p-8. The molecular weight excluding hydrogens is 2150 g/mol. The minimum atomic E-state index is -0.136. The topological polar surface area (TPSA) is 541 Å². The fourth-order valence-corrected chi connectivity index (χ4v) is 10.6. The summed E-state index contributed by atoms with van der Waals surface area (Å²) in [6, 6.07) is 106. The molecule has 32 nitrogen and oxygen atoms in total. The van der Waals surface area contributed by atoms with Gasteiger partial charge in [-0.15, -0.1) is 0 Å². The Morgan fingerprint density at radius 1 is 0.136 bits per heavy atom. The number of phenols is 8. The van der Waals surface area contributed by atoms with Gasteiger partial charge in [0.1, 0.15) is 46.0 Å². The molecule has 0 saturated heterocycles. The van der Waals surface area contributed by atoms with Crippen molar-refractivity contribution in [3.05, 3.63) is 388 Å². The van der Waals surface area contributed by atoms with Gasteiger partial charge in [-0.3, -0.25) is 0 Å². The van der Waals surface area contributed by atoms with E-state index in [1.807, 2.05) is 0 Å². The number of anilines is 8. The van der Waals surface area contributed by atoms with Crippen molar-refractivity contribution in [3.63, 3.8) is 0 Å². The second kappa shape index (κ2) is 63.8. The molecule has 0 unspecified atom stereocenters. The average Bonchev–Trinajstić information content (AvgIpc) is 0.903. The predicted molar refractivity (Wildman–Crippen MR) is 526 cm³/mol. The Labute approximate surface area is 861 Å². The third-order valence-electron chi connectivity index (χ3n) is 17.5. The van der Waals surface area contributed by atoms with Gasteiger partial charge in [0.05, 0.1) is 142 Å². The summed E-state index contributed by atoms with van der Waals surface area (Å²) < 4.78 is 0. The van der Waals surface area contributed by atoms with E-state index in [1.165, 1.54) is 99.2 Å². The van der Waals surface area contributed by atoms with Crippen LogP contribution in [0.3, 0.4) is 0 Å². The fourth-order valence-electron chi connectivity index (χ4n) is 10.6. The molecule has 36 heteroatoms. The number of nitrogens with one attached hydrogen (secondary N) is 8. The van der Waals surface area contributed by atoms with Crippen molar-refractivity contribution in [3.8, 4) is 92.0 Å². The van der Waals surface area contributed by atoms with Crippen LogP contribution in [0.4, 0.5) is 91.0 Å². The van der Waals surface area contributed by atoms with E-state index in [0.717, 1.165) is 0 Å². The summed E-state index contributed by atoms with van der Waals surface area (Å²) in [5.74, 6) is -0.0208. The van der Waals surface area contributed by atoms with E-state index in [1.54, 1.807) is 340 Å². The zero-order valence-corrected chi connectivity index (χ0v) is 79.5.